The van der Waals surface area contributed by atoms with Gasteiger partial charge < -0.3 is 0 Å². The Balaban J connectivity index is 3.72. The van der Waals surface area contributed by atoms with Crippen molar-refractivity contribution in [2.24, 2.45) is 4.99 Å². The first kappa shape index (κ1) is 18.1. The molecule has 0 saturated carbocycles. The van der Waals surface area contributed by atoms with E-state index in [1.165, 1.54) is 25.7 Å². The molecule has 106 valence electrons. The number of hydrogen-bond acceptors (Lipinski definition) is 4. The van der Waals surface area contributed by atoms with E-state index in [0.717, 1.165) is 30.5 Å². The summed E-state index contributed by atoms with van der Waals surface area (Å²) in [5.74, 6) is 0. The van der Waals surface area contributed by atoms with Gasteiger partial charge in [0.1, 0.15) is 0 Å². The molecule has 0 aromatic carbocycles. The monoisotopic (exact) mass is 365 g/mol. The number of nitrogens with zero attached hydrogens (tertiary/aromatic N) is 1. The predicted molar refractivity (Wildman–Crippen MR) is 75.9 cm³/mol. The summed E-state index contributed by atoms with van der Waals surface area (Å²) in [6.07, 6.45) is 8.62. The zero-order valence-electron chi connectivity index (χ0n) is 11.8. The average Bonchev–Trinajstić information content (AvgIpc) is 2.39. The first-order valence-electron chi connectivity index (χ1n) is 7.12. The zero-order chi connectivity index (χ0) is 13.5. The van der Waals surface area contributed by atoms with Crippen molar-refractivity contribution >= 4 is 26.7 Å². The van der Waals surface area contributed by atoms with Gasteiger partial charge in [-0.3, -0.25) is 0 Å². The fourth-order valence-corrected chi connectivity index (χ4v) is 6.21. The molecule has 0 heterocycles. The molecule has 5 heteroatoms. The molecule has 0 aromatic rings. The normalized spacial score (nSPS) is 10.6. The zero-order valence-corrected chi connectivity index (χ0v) is 15.1. The molecule has 0 rings (SSSR count). The minimum atomic E-state index is -2.34. The van der Waals surface area contributed by atoms with Gasteiger partial charge >= 0.3 is 119 Å². The van der Waals surface area contributed by atoms with Gasteiger partial charge in [0.15, 0.2) is 0 Å². The van der Waals surface area contributed by atoms with Crippen LogP contribution in [0.1, 0.15) is 52.4 Å². The fraction of sp³-hybridized carbons (Fsp3) is 0.923. The summed E-state index contributed by atoms with van der Waals surface area (Å²) in [5.41, 5.74) is 0. The summed E-state index contributed by atoms with van der Waals surface area (Å²) >= 11 is -2.34. The Morgan fingerprint density at radius 3 is 2.00 bits per heavy atom. The molecule has 0 fully saturated rings. The van der Waals surface area contributed by atoms with Crippen molar-refractivity contribution in [2.45, 2.75) is 56.8 Å². The summed E-state index contributed by atoms with van der Waals surface area (Å²) < 4.78 is 12.6. The molecule has 18 heavy (non-hydrogen) atoms. The van der Waals surface area contributed by atoms with E-state index >= 15 is 0 Å². The van der Waals surface area contributed by atoms with Crippen LogP contribution in [0, 0.1) is 0 Å². The van der Waals surface area contributed by atoms with E-state index in [1.807, 2.05) is 0 Å². The van der Waals surface area contributed by atoms with Crippen molar-refractivity contribution in [2.75, 3.05) is 19.8 Å². The fourth-order valence-electron chi connectivity index (χ4n) is 1.56. The van der Waals surface area contributed by atoms with Crippen LogP contribution >= 0.6 is 0 Å². The Kier molecular flexibility index (Phi) is 15.2. The molecule has 0 bridgehead atoms. The van der Waals surface area contributed by atoms with Gasteiger partial charge in [-0.2, -0.15) is 0 Å². The van der Waals surface area contributed by atoms with Crippen LogP contribution in [-0.2, 0) is 10.9 Å². The Labute approximate surface area is 119 Å². The molecule has 0 aliphatic carbocycles. The van der Waals surface area contributed by atoms with E-state index in [0.29, 0.717) is 6.54 Å². The van der Waals surface area contributed by atoms with Crippen molar-refractivity contribution in [3.8, 4) is 0 Å². The molecule has 0 aromatic heterocycles. The molecule has 0 N–H and O–H groups in total. The molecule has 0 spiro atoms. The van der Waals surface area contributed by atoms with Crippen molar-refractivity contribution in [3.63, 3.8) is 0 Å². The SMILES string of the molecule is CCCCC[O][SnH]([CH2]CN=C=O)[O]CCCCC. The van der Waals surface area contributed by atoms with E-state index < -0.39 is 20.6 Å². The molecule has 0 atom stereocenters. The van der Waals surface area contributed by atoms with Crippen LogP contribution in [-0.4, -0.2) is 46.4 Å². The van der Waals surface area contributed by atoms with Crippen LogP contribution in [0.15, 0.2) is 4.99 Å². The average molecular weight is 364 g/mol. The van der Waals surface area contributed by atoms with Gasteiger partial charge in [0.2, 0.25) is 0 Å². The third kappa shape index (κ3) is 12.6. The Bertz CT molecular complexity index is 208. The summed E-state index contributed by atoms with van der Waals surface area (Å²) in [7, 11) is 0. The summed E-state index contributed by atoms with van der Waals surface area (Å²) in [5, 5.41) is 0. The van der Waals surface area contributed by atoms with E-state index in [4.69, 9.17) is 6.15 Å². The van der Waals surface area contributed by atoms with Crippen LogP contribution in [0.3, 0.4) is 0 Å². The Morgan fingerprint density at radius 2 is 1.56 bits per heavy atom. The Hall–Kier alpha value is 0.0987. The standard InChI is InChI=1S/2C5H11O.C3H4NO.Sn.H/c2*1-2-3-4-5-6;1-2-4-3-5;;/h2*2-5H2,1H3;1-2H2;;/q2*-1;;+2;. The minimum absolute atomic E-state index is 0.520. The van der Waals surface area contributed by atoms with Crippen LogP contribution in [0.2, 0.25) is 4.44 Å². The molecular formula is C13H27NO3Sn. The molecule has 4 nitrogen and oxygen atoms in total. The van der Waals surface area contributed by atoms with Gasteiger partial charge in [0, 0.05) is 0 Å². The van der Waals surface area contributed by atoms with Crippen molar-refractivity contribution in [1.82, 2.24) is 0 Å². The number of rotatable bonds is 13. The van der Waals surface area contributed by atoms with E-state index in [-0.39, 0.29) is 0 Å². The molecule has 0 aliphatic rings. The second-order valence-corrected chi connectivity index (χ2v) is 10.3. The number of carbonyl (C=O) groups excluding carboxylic acids is 1. The quantitative estimate of drug-likeness (QED) is 0.219. The van der Waals surface area contributed by atoms with Crippen molar-refractivity contribution in [1.29, 1.82) is 0 Å². The number of isocyanates is 1. The number of aliphatic imine (C=N–C) groups is 1. The van der Waals surface area contributed by atoms with Gasteiger partial charge in [-0.1, -0.05) is 0 Å². The van der Waals surface area contributed by atoms with Gasteiger partial charge in [0.25, 0.3) is 0 Å². The summed E-state index contributed by atoms with van der Waals surface area (Å²) in [6.45, 7) is 6.51. The first-order valence-corrected chi connectivity index (χ1v) is 12.1. The molecule has 0 saturated heterocycles. The van der Waals surface area contributed by atoms with Gasteiger partial charge in [0.05, 0.1) is 0 Å². The predicted octanol–water partition coefficient (Wildman–Crippen LogP) is 2.96. The second kappa shape index (κ2) is 15.2. The van der Waals surface area contributed by atoms with Gasteiger partial charge in [-0.25, -0.2) is 0 Å². The number of hydrogen-bond donors (Lipinski definition) is 0. The van der Waals surface area contributed by atoms with Gasteiger partial charge in [-0.05, 0) is 0 Å². The number of unbranched alkanes of at least 4 members (excludes halogenated alkanes) is 4. The Morgan fingerprint density at radius 1 is 1.00 bits per heavy atom. The van der Waals surface area contributed by atoms with E-state index in [2.05, 4.69) is 18.8 Å². The summed E-state index contributed by atoms with van der Waals surface area (Å²) in [4.78, 5) is 13.6. The molecule has 0 unspecified atom stereocenters. The third-order valence-corrected chi connectivity index (χ3v) is 8.19. The van der Waals surface area contributed by atoms with Crippen LogP contribution in [0.5, 0.6) is 0 Å². The van der Waals surface area contributed by atoms with E-state index in [9.17, 15) is 4.79 Å². The van der Waals surface area contributed by atoms with Crippen LogP contribution in [0.25, 0.3) is 0 Å². The van der Waals surface area contributed by atoms with E-state index in [1.54, 1.807) is 6.08 Å². The summed E-state index contributed by atoms with van der Waals surface area (Å²) in [6, 6.07) is 0. The molecule has 0 radical (unpaired) electrons. The maximum atomic E-state index is 10.0. The molecular weight excluding hydrogens is 337 g/mol. The third-order valence-electron chi connectivity index (χ3n) is 2.64. The maximum absolute atomic E-state index is 10.0. The molecule has 0 aliphatic heterocycles. The topological polar surface area (TPSA) is 47.9 Å². The second-order valence-electron chi connectivity index (χ2n) is 4.35. The van der Waals surface area contributed by atoms with Crippen LogP contribution in [0.4, 0.5) is 0 Å². The van der Waals surface area contributed by atoms with Gasteiger partial charge in [-0.15, -0.1) is 0 Å². The van der Waals surface area contributed by atoms with Crippen molar-refractivity contribution < 1.29 is 10.9 Å². The van der Waals surface area contributed by atoms with Crippen molar-refractivity contribution in [3.05, 3.63) is 0 Å². The molecule has 0 amide bonds. The first-order chi connectivity index (χ1) is 8.85. The van der Waals surface area contributed by atoms with Crippen LogP contribution < -0.4 is 0 Å².